The van der Waals surface area contributed by atoms with E-state index in [2.05, 4.69) is 5.32 Å². The summed E-state index contributed by atoms with van der Waals surface area (Å²) in [6.07, 6.45) is 3.96. The third-order valence-electron chi connectivity index (χ3n) is 6.65. The molecular weight excluding hydrogens is 346 g/mol. The summed E-state index contributed by atoms with van der Waals surface area (Å²) in [5.74, 6) is 0.484. The van der Waals surface area contributed by atoms with Crippen molar-refractivity contribution in [3.63, 3.8) is 0 Å². The Morgan fingerprint density at radius 2 is 2.30 bits per heavy atom. The number of hydrogen-bond donors (Lipinski definition) is 2. The standard InChI is InChI=1S/C21H29NO5/c1-20(9-7-17(24)25-2)15-11-21(8-4-10-22-12-21)13-26-18(15)14-5-3-6-16(23)19(14)27-20/h3,5-6,15,18,22-23H,4,7-13H2,1-2H3/t15-,18+,20-,21?/m0/s1. The average Bonchev–Trinajstić information content (AvgIpc) is 2.68. The Morgan fingerprint density at radius 3 is 3.04 bits per heavy atom. The molecule has 0 amide bonds. The molecule has 2 saturated heterocycles. The number of carbonyl (C=O) groups excluding carboxylic acids is 1. The number of benzene rings is 1. The van der Waals surface area contributed by atoms with Crippen molar-refractivity contribution in [2.24, 2.45) is 11.3 Å². The molecule has 3 aliphatic heterocycles. The molecule has 1 unspecified atom stereocenters. The van der Waals surface area contributed by atoms with E-state index >= 15 is 0 Å². The van der Waals surface area contributed by atoms with Crippen molar-refractivity contribution >= 4 is 5.97 Å². The SMILES string of the molecule is COC(=O)CC[C@]1(C)Oc2c(O)cccc2[C@H]2OCC3(CCCNC3)C[C@@H]21. The Labute approximate surface area is 160 Å². The number of hydrogen-bond acceptors (Lipinski definition) is 6. The normalized spacial score (nSPS) is 35.0. The molecule has 0 radical (unpaired) electrons. The number of piperidine rings is 1. The van der Waals surface area contributed by atoms with Crippen molar-refractivity contribution in [2.45, 2.75) is 50.7 Å². The van der Waals surface area contributed by atoms with Gasteiger partial charge < -0.3 is 24.6 Å². The van der Waals surface area contributed by atoms with Crippen molar-refractivity contribution in [2.75, 3.05) is 26.8 Å². The zero-order valence-corrected chi connectivity index (χ0v) is 16.1. The lowest BCUT2D eigenvalue weighted by Gasteiger charge is -2.54. The van der Waals surface area contributed by atoms with Crippen LogP contribution in [0, 0.1) is 11.3 Å². The molecule has 2 N–H and O–H groups in total. The maximum Gasteiger partial charge on any atom is 0.305 e. The first kappa shape index (κ1) is 18.6. The number of phenols is 1. The van der Waals surface area contributed by atoms with Gasteiger partial charge in [-0.25, -0.2) is 0 Å². The molecule has 0 aliphatic carbocycles. The molecule has 2 fully saturated rings. The van der Waals surface area contributed by atoms with Gasteiger partial charge in [-0.15, -0.1) is 0 Å². The number of para-hydroxylation sites is 1. The predicted octanol–water partition coefficient (Wildman–Crippen LogP) is 2.94. The topological polar surface area (TPSA) is 77.0 Å². The number of phenolic OH excluding ortho intramolecular Hbond substituents is 1. The number of ether oxygens (including phenoxy) is 3. The molecule has 6 heteroatoms. The van der Waals surface area contributed by atoms with Crippen molar-refractivity contribution in [3.05, 3.63) is 23.8 Å². The van der Waals surface area contributed by atoms with Crippen LogP contribution >= 0.6 is 0 Å². The fraction of sp³-hybridized carbons (Fsp3) is 0.667. The summed E-state index contributed by atoms with van der Waals surface area (Å²) in [4.78, 5) is 11.8. The van der Waals surface area contributed by atoms with E-state index in [0.717, 1.165) is 37.9 Å². The Kier molecular flexibility index (Phi) is 4.80. The molecule has 148 valence electrons. The average molecular weight is 375 g/mol. The zero-order valence-electron chi connectivity index (χ0n) is 16.1. The first-order valence-corrected chi connectivity index (χ1v) is 9.86. The number of aromatic hydroxyl groups is 1. The van der Waals surface area contributed by atoms with Crippen LogP contribution in [0.5, 0.6) is 11.5 Å². The largest absolute Gasteiger partial charge is 0.504 e. The van der Waals surface area contributed by atoms with Crippen LogP contribution < -0.4 is 10.1 Å². The molecular formula is C21H29NO5. The third-order valence-corrected chi connectivity index (χ3v) is 6.65. The number of nitrogens with one attached hydrogen (secondary N) is 1. The maximum absolute atomic E-state index is 11.8. The summed E-state index contributed by atoms with van der Waals surface area (Å²) in [5, 5.41) is 13.9. The summed E-state index contributed by atoms with van der Waals surface area (Å²) in [5.41, 5.74) is 0.424. The number of esters is 1. The van der Waals surface area contributed by atoms with Crippen molar-refractivity contribution < 1.29 is 24.1 Å². The van der Waals surface area contributed by atoms with Gasteiger partial charge >= 0.3 is 5.97 Å². The highest BCUT2D eigenvalue weighted by Crippen LogP contribution is 2.57. The minimum Gasteiger partial charge on any atom is -0.504 e. The van der Waals surface area contributed by atoms with E-state index in [4.69, 9.17) is 14.2 Å². The van der Waals surface area contributed by atoms with Crippen LogP contribution in [0.25, 0.3) is 0 Å². The van der Waals surface area contributed by atoms with Crippen LogP contribution in [0.1, 0.15) is 50.7 Å². The second-order valence-corrected chi connectivity index (χ2v) is 8.51. The zero-order chi connectivity index (χ0) is 19.1. The lowest BCUT2D eigenvalue weighted by molar-refractivity contribution is -0.176. The highest BCUT2D eigenvalue weighted by atomic mass is 16.5. The van der Waals surface area contributed by atoms with Gasteiger partial charge in [-0.3, -0.25) is 4.79 Å². The summed E-state index contributed by atoms with van der Waals surface area (Å²) in [6, 6.07) is 5.45. The van der Waals surface area contributed by atoms with Crippen molar-refractivity contribution in [3.8, 4) is 11.5 Å². The van der Waals surface area contributed by atoms with E-state index in [0.29, 0.717) is 18.8 Å². The van der Waals surface area contributed by atoms with Gasteiger partial charge in [-0.2, -0.15) is 0 Å². The van der Waals surface area contributed by atoms with Crippen LogP contribution in [-0.4, -0.2) is 43.5 Å². The molecule has 0 bridgehead atoms. The summed E-state index contributed by atoms with van der Waals surface area (Å²) < 4.78 is 17.7. The lowest BCUT2D eigenvalue weighted by Crippen LogP contribution is -2.56. The molecule has 6 nitrogen and oxygen atoms in total. The smallest absolute Gasteiger partial charge is 0.305 e. The van der Waals surface area contributed by atoms with Crippen LogP contribution in [-0.2, 0) is 14.3 Å². The maximum atomic E-state index is 11.8. The van der Waals surface area contributed by atoms with Crippen LogP contribution in [0.2, 0.25) is 0 Å². The molecule has 3 aliphatic rings. The minimum atomic E-state index is -0.602. The van der Waals surface area contributed by atoms with Gasteiger partial charge in [0.1, 0.15) is 5.60 Å². The number of carbonyl (C=O) groups is 1. The number of methoxy groups -OCH3 is 1. The van der Waals surface area contributed by atoms with E-state index in [1.165, 1.54) is 7.11 Å². The Balaban J connectivity index is 1.68. The van der Waals surface area contributed by atoms with E-state index in [1.807, 2.05) is 19.1 Å². The highest BCUT2D eigenvalue weighted by Gasteiger charge is 2.54. The van der Waals surface area contributed by atoms with Crippen molar-refractivity contribution in [1.29, 1.82) is 0 Å². The first-order valence-electron chi connectivity index (χ1n) is 9.86. The molecule has 1 spiro atoms. The summed E-state index contributed by atoms with van der Waals surface area (Å²) >= 11 is 0. The Morgan fingerprint density at radius 1 is 1.44 bits per heavy atom. The Bertz CT molecular complexity index is 715. The molecule has 1 aromatic rings. The van der Waals surface area contributed by atoms with Gasteiger partial charge in [0.05, 0.1) is 19.8 Å². The summed E-state index contributed by atoms with van der Waals surface area (Å²) in [7, 11) is 1.41. The van der Waals surface area contributed by atoms with Gasteiger partial charge in [-0.1, -0.05) is 12.1 Å². The monoisotopic (exact) mass is 375 g/mol. The first-order chi connectivity index (χ1) is 13.0. The Hall–Kier alpha value is -1.79. The van der Waals surface area contributed by atoms with Crippen LogP contribution in [0.15, 0.2) is 18.2 Å². The fourth-order valence-electron chi connectivity index (χ4n) is 5.06. The van der Waals surface area contributed by atoms with Gasteiger partial charge in [0.15, 0.2) is 11.5 Å². The molecule has 0 aromatic heterocycles. The van der Waals surface area contributed by atoms with Crippen LogP contribution in [0.4, 0.5) is 0 Å². The van der Waals surface area contributed by atoms with Gasteiger partial charge in [0.2, 0.25) is 0 Å². The summed E-state index contributed by atoms with van der Waals surface area (Å²) in [6.45, 7) is 4.77. The molecule has 3 heterocycles. The second kappa shape index (κ2) is 6.99. The third kappa shape index (κ3) is 3.29. The van der Waals surface area contributed by atoms with Crippen LogP contribution in [0.3, 0.4) is 0 Å². The van der Waals surface area contributed by atoms with E-state index < -0.39 is 5.60 Å². The fourth-order valence-corrected chi connectivity index (χ4v) is 5.06. The molecule has 4 rings (SSSR count). The van der Waals surface area contributed by atoms with Gasteiger partial charge in [0, 0.05) is 29.9 Å². The highest BCUT2D eigenvalue weighted by molar-refractivity contribution is 5.69. The number of rotatable bonds is 3. The van der Waals surface area contributed by atoms with E-state index in [-0.39, 0.29) is 35.6 Å². The van der Waals surface area contributed by atoms with Crippen molar-refractivity contribution in [1.82, 2.24) is 5.32 Å². The predicted molar refractivity (Wildman–Crippen MR) is 99.7 cm³/mol. The molecule has 4 atom stereocenters. The van der Waals surface area contributed by atoms with Gasteiger partial charge in [-0.05, 0) is 45.2 Å². The molecule has 0 saturated carbocycles. The quantitative estimate of drug-likeness (QED) is 0.791. The molecule has 27 heavy (non-hydrogen) atoms. The second-order valence-electron chi connectivity index (χ2n) is 8.51. The van der Waals surface area contributed by atoms with E-state index in [1.54, 1.807) is 6.07 Å². The minimum absolute atomic E-state index is 0.115. The lowest BCUT2D eigenvalue weighted by atomic mass is 9.64. The molecule has 1 aromatic carbocycles. The van der Waals surface area contributed by atoms with E-state index in [9.17, 15) is 9.90 Å². The van der Waals surface area contributed by atoms with Gasteiger partial charge in [0.25, 0.3) is 0 Å². The number of fused-ring (bicyclic) bond motifs is 3.